The lowest BCUT2D eigenvalue weighted by Crippen LogP contribution is -2.12. The molecule has 0 bridgehead atoms. The second-order valence-electron chi connectivity index (χ2n) is 3.52. The number of methoxy groups -OCH3 is 1. The Balaban J connectivity index is 0. The van der Waals surface area contributed by atoms with Gasteiger partial charge in [0, 0.05) is 19.3 Å². The molecule has 7 heteroatoms. The Morgan fingerprint density at radius 3 is 2.67 bits per heavy atom. The van der Waals surface area contributed by atoms with E-state index in [9.17, 15) is 0 Å². The van der Waals surface area contributed by atoms with Crippen LogP contribution in [0.4, 0.5) is 5.95 Å². The molecule has 0 aliphatic carbocycles. The monoisotopic (exact) mass is 294 g/mol. The minimum Gasteiger partial charge on any atom is -0.480 e. The van der Waals surface area contributed by atoms with E-state index >= 15 is 0 Å². The molecule has 0 aromatic carbocycles. The largest absolute Gasteiger partial charge is 0.480 e. The second-order valence-corrected chi connectivity index (χ2v) is 3.52. The molecule has 0 spiro atoms. The van der Waals surface area contributed by atoms with Gasteiger partial charge in [-0.05, 0) is 13.3 Å². The van der Waals surface area contributed by atoms with Crippen LogP contribution >= 0.6 is 24.8 Å². The number of halogens is 2. The summed E-state index contributed by atoms with van der Waals surface area (Å²) < 4.78 is 5.17. The van der Waals surface area contributed by atoms with Crippen molar-refractivity contribution in [2.45, 2.75) is 19.4 Å². The molecule has 0 amide bonds. The Kier molecular flexibility index (Phi) is 10.7. The maximum Gasteiger partial charge on any atom is 0.225 e. The van der Waals surface area contributed by atoms with E-state index < -0.39 is 0 Å². The van der Waals surface area contributed by atoms with Gasteiger partial charge in [0.25, 0.3) is 0 Å². The first-order chi connectivity index (χ1) is 7.67. The number of anilines is 1. The van der Waals surface area contributed by atoms with E-state index in [0.29, 0.717) is 11.8 Å². The molecule has 0 aliphatic heterocycles. The molecule has 104 valence electrons. The van der Waals surface area contributed by atoms with Crippen molar-refractivity contribution in [2.75, 3.05) is 19.5 Å². The zero-order chi connectivity index (χ0) is 12.0. The van der Waals surface area contributed by atoms with Crippen LogP contribution in [0, 0.1) is 0 Å². The van der Waals surface area contributed by atoms with E-state index in [2.05, 4.69) is 15.3 Å². The molecule has 0 saturated carbocycles. The number of rotatable bonds is 5. The van der Waals surface area contributed by atoms with Gasteiger partial charge in [-0.25, -0.2) is 4.98 Å². The molecular weight excluding hydrogens is 275 g/mol. The summed E-state index contributed by atoms with van der Waals surface area (Å²) >= 11 is 0. The van der Waals surface area contributed by atoms with Crippen LogP contribution in [0.3, 0.4) is 0 Å². The van der Waals surface area contributed by atoms with Crippen LogP contribution in [0.2, 0.25) is 0 Å². The summed E-state index contributed by atoms with van der Waals surface area (Å²) in [5.74, 6) is 1.10. The van der Waals surface area contributed by atoms with Crippen molar-refractivity contribution < 1.29 is 4.74 Å². The normalized spacial score (nSPS) is 11.3. The van der Waals surface area contributed by atoms with E-state index in [0.717, 1.165) is 12.0 Å². The number of hydrogen-bond acceptors (Lipinski definition) is 5. The molecule has 1 heterocycles. The molecule has 1 rings (SSSR count). The standard InChI is InChI=1S/C11H18N4O.2ClH/c1-8(12)5-4-6-9-7-14-11(13-2)15-10(9)16-3;;/h4,6-8H,5,12H2,1-3H3,(H,13,14,15);2*1H/b6-4+;;/t8-;;/m0../s1. The third kappa shape index (κ3) is 6.05. The van der Waals surface area contributed by atoms with Crippen molar-refractivity contribution in [3.8, 4) is 5.88 Å². The van der Waals surface area contributed by atoms with Crippen LogP contribution in [-0.2, 0) is 0 Å². The first-order valence-corrected chi connectivity index (χ1v) is 5.18. The smallest absolute Gasteiger partial charge is 0.225 e. The number of nitrogens with one attached hydrogen (secondary N) is 1. The Labute approximate surface area is 120 Å². The van der Waals surface area contributed by atoms with Gasteiger partial charge in [0.15, 0.2) is 0 Å². The Morgan fingerprint density at radius 1 is 1.50 bits per heavy atom. The average Bonchev–Trinajstić information content (AvgIpc) is 2.29. The van der Waals surface area contributed by atoms with Gasteiger partial charge in [0.1, 0.15) is 0 Å². The summed E-state index contributed by atoms with van der Waals surface area (Å²) in [5, 5.41) is 2.86. The molecule has 1 atom stereocenters. The zero-order valence-corrected chi connectivity index (χ0v) is 12.3. The summed E-state index contributed by atoms with van der Waals surface area (Å²) in [6, 6.07) is 0.153. The third-order valence-corrected chi connectivity index (χ3v) is 2.00. The van der Waals surface area contributed by atoms with Crippen LogP contribution < -0.4 is 15.8 Å². The van der Waals surface area contributed by atoms with Gasteiger partial charge in [0.05, 0.1) is 12.7 Å². The zero-order valence-electron chi connectivity index (χ0n) is 10.7. The third-order valence-electron chi connectivity index (χ3n) is 2.00. The van der Waals surface area contributed by atoms with Crippen molar-refractivity contribution in [3.63, 3.8) is 0 Å². The highest BCUT2D eigenvalue weighted by Gasteiger charge is 2.03. The fraction of sp³-hybridized carbons (Fsp3) is 0.455. The fourth-order valence-electron chi connectivity index (χ4n) is 1.18. The molecule has 18 heavy (non-hydrogen) atoms. The highest BCUT2D eigenvalue weighted by Crippen LogP contribution is 2.17. The van der Waals surface area contributed by atoms with Gasteiger partial charge in [-0.2, -0.15) is 4.98 Å². The van der Waals surface area contributed by atoms with Crippen molar-refractivity contribution in [1.82, 2.24) is 9.97 Å². The van der Waals surface area contributed by atoms with Gasteiger partial charge >= 0.3 is 0 Å². The number of hydrogen-bond donors (Lipinski definition) is 2. The summed E-state index contributed by atoms with van der Waals surface area (Å²) in [7, 11) is 3.35. The first kappa shape index (κ1) is 19.3. The molecule has 3 N–H and O–H groups in total. The van der Waals surface area contributed by atoms with Crippen molar-refractivity contribution >= 4 is 36.8 Å². The van der Waals surface area contributed by atoms with Crippen LogP contribution in [0.5, 0.6) is 5.88 Å². The van der Waals surface area contributed by atoms with Crippen molar-refractivity contribution in [2.24, 2.45) is 5.73 Å². The van der Waals surface area contributed by atoms with E-state index in [1.165, 1.54) is 0 Å². The first-order valence-electron chi connectivity index (χ1n) is 5.18. The molecule has 0 radical (unpaired) electrons. The Morgan fingerprint density at radius 2 is 2.17 bits per heavy atom. The molecule has 0 saturated heterocycles. The fourth-order valence-corrected chi connectivity index (χ4v) is 1.18. The van der Waals surface area contributed by atoms with Crippen LogP contribution in [0.1, 0.15) is 18.9 Å². The molecule has 5 nitrogen and oxygen atoms in total. The van der Waals surface area contributed by atoms with Gasteiger partial charge in [-0.3, -0.25) is 0 Å². The SMILES string of the molecule is CNc1ncc(/C=C/C[C@H](C)N)c(OC)n1.Cl.Cl. The maximum absolute atomic E-state index is 5.65. The predicted molar refractivity (Wildman–Crippen MR) is 79.9 cm³/mol. The average molecular weight is 295 g/mol. The lowest BCUT2D eigenvalue weighted by molar-refractivity contribution is 0.396. The van der Waals surface area contributed by atoms with Gasteiger partial charge < -0.3 is 15.8 Å². The number of nitrogens with zero attached hydrogens (tertiary/aromatic N) is 2. The number of ether oxygens (including phenoxy) is 1. The van der Waals surface area contributed by atoms with Crippen LogP contribution in [-0.4, -0.2) is 30.2 Å². The predicted octanol–water partition coefficient (Wildman–Crippen LogP) is 2.12. The van der Waals surface area contributed by atoms with Crippen molar-refractivity contribution in [3.05, 3.63) is 17.8 Å². The molecule has 1 aromatic rings. The lowest BCUT2D eigenvalue weighted by atomic mass is 10.2. The van der Waals surface area contributed by atoms with Gasteiger partial charge in [-0.1, -0.05) is 12.2 Å². The number of aromatic nitrogens is 2. The summed E-state index contributed by atoms with van der Waals surface area (Å²) in [6.07, 6.45) is 6.44. The Hall–Kier alpha value is -1.04. The summed E-state index contributed by atoms with van der Waals surface area (Å²) in [6.45, 7) is 1.96. The van der Waals surface area contributed by atoms with E-state index in [1.807, 2.05) is 19.1 Å². The van der Waals surface area contributed by atoms with Crippen molar-refractivity contribution in [1.29, 1.82) is 0 Å². The second kappa shape index (κ2) is 9.94. The quantitative estimate of drug-likeness (QED) is 0.870. The molecule has 0 fully saturated rings. The Bertz CT molecular complexity index is 372. The highest BCUT2D eigenvalue weighted by atomic mass is 35.5. The molecular formula is C11H20Cl2N4O. The summed E-state index contributed by atoms with van der Waals surface area (Å²) in [5.41, 5.74) is 6.50. The van der Waals surface area contributed by atoms with E-state index in [-0.39, 0.29) is 30.9 Å². The minimum absolute atomic E-state index is 0. The minimum atomic E-state index is 0. The topological polar surface area (TPSA) is 73.1 Å². The molecule has 1 aromatic heterocycles. The van der Waals surface area contributed by atoms with Crippen LogP contribution in [0.15, 0.2) is 12.3 Å². The number of nitrogens with two attached hydrogens (primary N) is 1. The summed E-state index contributed by atoms with van der Waals surface area (Å²) in [4.78, 5) is 8.30. The lowest BCUT2D eigenvalue weighted by Gasteiger charge is -2.05. The van der Waals surface area contributed by atoms with Gasteiger partial charge in [0.2, 0.25) is 11.8 Å². The van der Waals surface area contributed by atoms with E-state index in [1.54, 1.807) is 20.4 Å². The van der Waals surface area contributed by atoms with Crippen LogP contribution in [0.25, 0.3) is 6.08 Å². The molecule has 0 aliphatic rings. The maximum atomic E-state index is 5.65. The highest BCUT2D eigenvalue weighted by molar-refractivity contribution is 5.85. The molecule has 0 unspecified atom stereocenters. The van der Waals surface area contributed by atoms with E-state index in [4.69, 9.17) is 10.5 Å². The van der Waals surface area contributed by atoms with Gasteiger partial charge in [-0.15, -0.1) is 24.8 Å².